The molecule has 18 nitrogen and oxygen atoms in total. The van der Waals surface area contributed by atoms with Crippen molar-refractivity contribution in [2.24, 2.45) is 0 Å². The van der Waals surface area contributed by atoms with Crippen LogP contribution in [0.5, 0.6) is 0 Å². The summed E-state index contributed by atoms with van der Waals surface area (Å²) in [7, 11) is 2.94. The Morgan fingerprint density at radius 3 is 1.67 bits per heavy atom. The molecule has 4 amide bonds. The van der Waals surface area contributed by atoms with Gasteiger partial charge in [-0.2, -0.15) is 0 Å². The first-order valence-corrected chi connectivity index (χ1v) is 20.9. The van der Waals surface area contributed by atoms with Crippen molar-refractivity contribution in [1.29, 1.82) is 0 Å². The Hall–Kier alpha value is -4.40. The van der Waals surface area contributed by atoms with Gasteiger partial charge in [0, 0.05) is 6.54 Å². The maximum absolute atomic E-state index is 13.5. The van der Waals surface area contributed by atoms with Gasteiger partial charge in [-0.25, -0.2) is 19.7 Å². The van der Waals surface area contributed by atoms with E-state index in [1.807, 2.05) is 34.0 Å². The summed E-state index contributed by atoms with van der Waals surface area (Å²) in [5.74, 6) is -2.59. The lowest BCUT2D eigenvalue weighted by Crippen LogP contribution is -2.47. The zero-order chi connectivity index (χ0) is 40.0. The van der Waals surface area contributed by atoms with E-state index < -0.39 is 35.9 Å². The predicted octanol–water partition coefficient (Wildman–Crippen LogP) is 2.51. The van der Waals surface area contributed by atoms with E-state index in [-0.39, 0.29) is 29.7 Å². The number of hydrogen-bond donors (Lipinski definition) is 10. The van der Waals surface area contributed by atoms with Gasteiger partial charge >= 0.3 is 5.97 Å². The minimum atomic E-state index is -1.41. The molecule has 20 heteroatoms. The highest BCUT2D eigenvalue weighted by atomic mass is 33.1. The molecule has 3 aromatic rings. The van der Waals surface area contributed by atoms with Crippen LogP contribution in [-0.4, -0.2) is 109 Å². The Morgan fingerprint density at radius 2 is 1.13 bits per heavy atom. The van der Waals surface area contributed by atoms with Gasteiger partial charge in [0.05, 0.1) is 67.0 Å². The summed E-state index contributed by atoms with van der Waals surface area (Å²) in [5, 5.41) is 26.9. The fourth-order valence-electron chi connectivity index (χ4n) is 4.73. The number of aliphatic carboxylic acids is 1. The third-order valence-corrected chi connectivity index (χ3v) is 9.00. The summed E-state index contributed by atoms with van der Waals surface area (Å²) in [5.41, 5.74) is 0.947. The second kappa shape index (κ2) is 30.0. The van der Waals surface area contributed by atoms with Crippen LogP contribution in [0.1, 0.15) is 101 Å². The average molecular weight is 795 g/mol. The topological polar surface area (TPSA) is 264 Å². The van der Waals surface area contributed by atoms with Crippen molar-refractivity contribution >= 4 is 51.2 Å². The summed E-state index contributed by atoms with van der Waals surface area (Å²) < 4.78 is 0. The number of rotatable bonds is 26. The van der Waals surface area contributed by atoms with Crippen molar-refractivity contribution in [3.05, 3.63) is 54.7 Å². The number of aromatic amines is 3. The van der Waals surface area contributed by atoms with Crippen molar-refractivity contribution < 1.29 is 29.1 Å². The van der Waals surface area contributed by atoms with Gasteiger partial charge in [-0.3, -0.25) is 19.2 Å². The zero-order valence-electron chi connectivity index (χ0n) is 31.8. The molecule has 0 saturated heterocycles. The maximum Gasteiger partial charge on any atom is 0.332 e. The highest BCUT2D eigenvalue weighted by molar-refractivity contribution is 8.76. The fraction of sp³-hybridized carbons (Fsp3) is 0.588. The third-order valence-electron chi connectivity index (χ3n) is 7.32. The van der Waals surface area contributed by atoms with Gasteiger partial charge in [-0.1, -0.05) is 62.1 Å². The standard InChI is InChI=1S/C30H46N12O6S2.2C2H6/c1-49-50-16-24(44)37-15-23(43)35-10-7-6-9-31-8-4-2-3-5-11-36-25(20-12-32-17-38-20)28(45)41-26(21-13-33-18-39-21)29(46)42-27(30(47)48)22-14-34-19-40-22;2*1-2/h12-14,17-19,25-27,31,36H,2-11,15-16H2,1H3,(H,32,38)(H,33,39)(H,34,40)(H,35,43)(H,37,44)(H,41,45)(H,42,46)(H,47,48);2*1-2H3. The molecule has 0 fully saturated rings. The monoisotopic (exact) mass is 794 g/mol. The van der Waals surface area contributed by atoms with E-state index in [1.165, 1.54) is 59.2 Å². The lowest BCUT2D eigenvalue weighted by Gasteiger charge is -2.23. The molecule has 302 valence electrons. The number of carbonyl (C=O) groups is 5. The smallest absolute Gasteiger partial charge is 0.332 e. The second-order valence-electron chi connectivity index (χ2n) is 11.1. The molecule has 3 atom stereocenters. The minimum Gasteiger partial charge on any atom is -0.479 e. The first-order valence-electron chi connectivity index (χ1n) is 18.2. The number of nitrogens with one attached hydrogen (secondary N) is 9. The zero-order valence-corrected chi connectivity index (χ0v) is 33.5. The van der Waals surface area contributed by atoms with Crippen LogP contribution in [0.15, 0.2) is 37.6 Å². The SMILES string of the molecule is CC.CC.CSSCC(=O)NCC(=O)NCCCCNCCCCCCNC(C(=O)NC(C(=O)NC(C(=O)O)c1cnc[nH]1)c1cnc[nH]1)c1cnc[nH]1. The normalized spacial score (nSPS) is 12.1. The summed E-state index contributed by atoms with van der Waals surface area (Å²) in [6.45, 7) is 10.8. The van der Waals surface area contributed by atoms with Gasteiger partial charge in [0.1, 0.15) is 12.1 Å². The van der Waals surface area contributed by atoms with E-state index in [2.05, 4.69) is 61.8 Å². The van der Waals surface area contributed by atoms with E-state index >= 15 is 0 Å². The molecule has 0 aromatic carbocycles. The number of carboxylic acid groups (broad SMARTS) is 1. The Labute approximate surface area is 325 Å². The van der Waals surface area contributed by atoms with Crippen LogP contribution in [0, 0.1) is 0 Å². The molecule has 3 unspecified atom stereocenters. The van der Waals surface area contributed by atoms with Gasteiger partial charge in [0.15, 0.2) is 6.04 Å². The molecule has 0 aliphatic carbocycles. The molecule has 10 N–H and O–H groups in total. The molecule has 3 rings (SSSR count). The number of amides is 4. The van der Waals surface area contributed by atoms with E-state index in [1.54, 1.807) is 0 Å². The van der Waals surface area contributed by atoms with Crippen LogP contribution >= 0.6 is 21.6 Å². The Bertz CT molecular complexity index is 1430. The van der Waals surface area contributed by atoms with E-state index in [0.717, 1.165) is 51.6 Å². The highest BCUT2D eigenvalue weighted by Gasteiger charge is 2.32. The molecule has 3 aromatic heterocycles. The maximum atomic E-state index is 13.5. The van der Waals surface area contributed by atoms with E-state index in [4.69, 9.17) is 0 Å². The molecule has 0 spiro atoms. The van der Waals surface area contributed by atoms with Gasteiger partial charge in [0.25, 0.3) is 0 Å². The van der Waals surface area contributed by atoms with Crippen LogP contribution in [0.2, 0.25) is 0 Å². The number of imidazole rings is 3. The first-order chi connectivity index (χ1) is 26.3. The number of carbonyl (C=O) groups excluding carboxylic acids is 4. The fourth-order valence-corrected chi connectivity index (χ4v) is 5.73. The summed E-state index contributed by atoms with van der Waals surface area (Å²) in [6.07, 6.45) is 15.7. The summed E-state index contributed by atoms with van der Waals surface area (Å²) in [6, 6.07) is -3.53. The van der Waals surface area contributed by atoms with E-state index in [0.29, 0.717) is 24.5 Å². The van der Waals surface area contributed by atoms with Gasteiger partial charge in [-0.05, 0) is 51.6 Å². The molecule has 0 saturated carbocycles. The van der Waals surface area contributed by atoms with Crippen LogP contribution in [0.25, 0.3) is 0 Å². The molecular formula is C34H58N12O6S2. The number of hydrogen-bond acceptors (Lipinski definition) is 12. The Morgan fingerprint density at radius 1 is 0.648 bits per heavy atom. The summed E-state index contributed by atoms with van der Waals surface area (Å²) >= 11 is 0. The first kappa shape index (κ1) is 47.6. The van der Waals surface area contributed by atoms with Crippen molar-refractivity contribution in [2.75, 3.05) is 44.7 Å². The average Bonchev–Trinajstić information content (AvgIpc) is 4.01. The van der Waals surface area contributed by atoms with Crippen molar-refractivity contribution in [1.82, 2.24) is 61.8 Å². The molecule has 0 aliphatic heterocycles. The number of unbranched alkanes of at least 4 members (excludes halogenated alkanes) is 4. The Kier molecular flexibility index (Phi) is 26.4. The second-order valence-corrected chi connectivity index (χ2v) is 13.6. The molecule has 3 heterocycles. The largest absolute Gasteiger partial charge is 0.479 e. The van der Waals surface area contributed by atoms with Gasteiger partial charge < -0.3 is 52.0 Å². The number of H-pyrrole nitrogens is 3. The third kappa shape index (κ3) is 19.1. The van der Waals surface area contributed by atoms with E-state index in [9.17, 15) is 29.1 Å². The Balaban J connectivity index is 0.00000352. The van der Waals surface area contributed by atoms with Crippen LogP contribution < -0.4 is 31.9 Å². The number of aromatic nitrogens is 6. The quantitative estimate of drug-likeness (QED) is 0.0414. The lowest BCUT2D eigenvalue weighted by atomic mass is 10.1. The van der Waals surface area contributed by atoms with Crippen LogP contribution in [0.4, 0.5) is 0 Å². The predicted molar refractivity (Wildman–Crippen MR) is 211 cm³/mol. The highest BCUT2D eigenvalue weighted by Crippen LogP contribution is 2.18. The van der Waals surface area contributed by atoms with Gasteiger partial charge in [-0.15, -0.1) is 0 Å². The molecule has 0 bridgehead atoms. The summed E-state index contributed by atoms with van der Waals surface area (Å²) in [4.78, 5) is 82.3. The number of nitrogens with zero attached hydrogens (tertiary/aromatic N) is 3. The van der Waals surface area contributed by atoms with Crippen molar-refractivity contribution in [3.8, 4) is 0 Å². The molecule has 0 aliphatic rings. The van der Waals surface area contributed by atoms with Crippen molar-refractivity contribution in [2.45, 2.75) is 84.3 Å². The molecule has 54 heavy (non-hydrogen) atoms. The lowest BCUT2D eigenvalue weighted by molar-refractivity contribution is -0.142. The van der Waals surface area contributed by atoms with Gasteiger partial charge in [0.2, 0.25) is 23.6 Å². The molecular weight excluding hydrogens is 737 g/mol. The molecule has 0 radical (unpaired) electrons. The van der Waals surface area contributed by atoms with Crippen LogP contribution in [0.3, 0.4) is 0 Å². The minimum absolute atomic E-state index is 0.00585. The van der Waals surface area contributed by atoms with Crippen molar-refractivity contribution in [3.63, 3.8) is 0 Å². The van der Waals surface area contributed by atoms with Crippen LogP contribution in [-0.2, 0) is 24.0 Å². The number of carboxylic acids is 1.